The van der Waals surface area contributed by atoms with Gasteiger partial charge in [-0.15, -0.1) is 0 Å². The average Bonchev–Trinajstić information content (AvgIpc) is 3.21. The molecule has 3 aliphatic rings. The fourth-order valence-electron chi connectivity index (χ4n) is 4.55. The second kappa shape index (κ2) is 7.31. The van der Waals surface area contributed by atoms with E-state index in [1.807, 2.05) is 6.92 Å². The number of benzene rings is 1. The van der Waals surface area contributed by atoms with Crippen molar-refractivity contribution in [3.8, 4) is 11.5 Å². The highest BCUT2D eigenvalue weighted by molar-refractivity contribution is 6.09. The second-order valence-electron chi connectivity index (χ2n) is 7.64. The van der Waals surface area contributed by atoms with Crippen LogP contribution in [0.1, 0.15) is 31.4 Å². The molecule has 0 spiro atoms. The van der Waals surface area contributed by atoms with Gasteiger partial charge >= 0.3 is 5.97 Å². The first kappa shape index (κ1) is 19.7. The minimum absolute atomic E-state index is 0.246. The van der Waals surface area contributed by atoms with Crippen LogP contribution >= 0.6 is 0 Å². The van der Waals surface area contributed by atoms with E-state index in [-0.39, 0.29) is 6.54 Å². The Hall–Kier alpha value is -2.65. The smallest absolute Gasteiger partial charge is 0.327 e. The Balaban J connectivity index is 1.76. The summed E-state index contributed by atoms with van der Waals surface area (Å²) in [5.74, 6) is -3.32. The van der Waals surface area contributed by atoms with E-state index in [4.69, 9.17) is 9.47 Å². The van der Waals surface area contributed by atoms with Crippen molar-refractivity contribution in [2.24, 2.45) is 11.8 Å². The van der Waals surface area contributed by atoms with Crippen LogP contribution in [-0.4, -0.2) is 64.8 Å². The van der Waals surface area contributed by atoms with Crippen LogP contribution < -0.4 is 14.8 Å². The Bertz CT molecular complexity index is 857. The van der Waals surface area contributed by atoms with E-state index < -0.39 is 47.8 Å². The molecule has 156 valence electrons. The Labute approximate surface area is 167 Å². The lowest BCUT2D eigenvalue weighted by atomic mass is 9.79. The standard InChI is InChI=1S/C20H24N2O7/c1-2-3-6-22-17(24)14-15(18(22)25)20(10-23,19(26)27)21-16(14)11-4-5-12-13(9-11)29-8-7-28-12/h4-5,9,14-16,21,23H,2-3,6-8,10H2,1H3,(H,26,27). The number of nitrogens with zero attached hydrogens (tertiary/aromatic N) is 1. The lowest BCUT2D eigenvalue weighted by Crippen LogP contribution is -2.58. The van der Waals surface area contributed by atoms with Gasteiger partial charge < -0.3 is 19.7 Å². The van der Waals surface area contributed by atoms with Gasteiger partial charge in [0.15, 0.2) is 17.0 Å². The zero-order chi connectivity index (χ0) is 20.8. The zero-order valence-corrected chi connectivity index (χ0v) is 16.1. The minimum Gasteiger partial charge on any atom is -0.486 e. The van der Waals surface area contributed by atoms with Gasteiger partial charge in [-0.2, -0.15) is 0 Å². The maximum Gasteiger partial charge on any atom is 0.327 e. The van der Waals surface area contributed by atoms with Crippen LogP contribution in [0.15, 0.2) is 18.2 Å². The number of carbonyl (C=O) groups excluding carboxylic acids is 2. The number of likely N-dealkylation sites (tertiary alicyclic amines) is 1. The summed E-state index contributed by atoms with van der Waals surface area (Å²) in [6, 6.07) is 4.38. The summed E-state index contributed by atoms with van der Waals surface area (Å²) in [7, 11) is 0. The number of carbonyl (C=O) groups is 3. The number of aliphatic carboxylic acids is 1. The van der Waals surface area contributed by atoms with Gasteiger partial charge in [-0.25, -0.2) is 0 Å². The molecule has 3 heterocycles. The van der Waals surface area contributed by atoms with E-state index in [9.17, 15) is 24.6 Å². The number of imide groups is 1. The Kier molecular flexibility index (Phi) is 4.95. The van der Waals surface area contributed by atoms with Gasteiger partial charge in [0.25, 0.3) is 0 Å². The number of hydrogen-bond acceptors (Lipinski definition) is 7. The molecule has 1 aromatic carbocycles. The fourth-order valence-corrected chi connectivity index (χ4v) is 4.55. The number of nitrogens with one attached hydrogen (secondary N) is 1. The van der Waals surface area contributed by atoms with Crippen molar-refractivity contribution in [2.75, 3.05) is 26.4 Å². The molecule has 3 N–H and O–H groups in total. The number of ether oxygens (including phenoxy) is 2. The van der Waals surface area contributed by atoms with Crippen LogP contribution in [0.3, 0.4) is 0 Å². The van der Waals surface area contributed by atoms with Gasteiger partial charge in [0.1, 0.15) is 13.2 Å². The number of hydrogen-bond donors (Lipinski definition) is 3. The summed E-state index contributed by atoms with van der Waals surface area (Å²) < 4.78 is 11.1. The van der Waals surface area contributed by atoms with Gasteiger partial charge in [-0.1, -0.05) is 19.4 Å². The zero-order valence-electron chi connectivity index (χ0n) is 16.1. The van der Waals surface area contributed by atoms with E-state index >= 15 is 0 Å². The predicted octanol–water partition coefficient (Wildman–Crippen LogP) is 0.319. The van der Waals surface area contributed by atoms with Crippen LogP contribution in [0, 0.1) is 11.8 Å². The normalized spacial score (nSPS) is 30.6. The predicted molar refractivity (Wildman–Crippen MR) is 99.4 cm³/mol. The molecule has 2 saturated heterocycles. The summed E-state index contributed by atoms with van der Waals surface area (Å²) in [6.07, 6.45) is 1.43. The molecule has 9 nitrogen and oxygen atoms in total. The Morgan fingerprint density at radius 1 is 1.24 bits per heavy atom. The monoisotopic (exact) mass is 404 g/mol. The first-order valence-corrected chi connectivity index (χ1v) is 9.81. The van der Waals surface area contributed by atoms with E-state index in [2.05, 4.69) is 5.32 Å². The number of aliphatic hydroxyl groups is 1. The number of rotatable bonds is 6. The van der Waals surface area contributed by atoms with E-state index in [0.717, 1.165) is 11.3 Å². The number of amides is 2. The molecule has 2 fully saturated rings. The number of unbranched alkanes of at least 4 members (excludes halogenated alkanes) is 1. The molecule has 2 amide bonds. The van der Waals surface area contributed by atoms with E-state index in [1.165, 1.54) is 0 Å². The van der Waals surface area contributed by atoms with Gasteiger partial charge in [0.2, 0.25) is 11.8 Å². The summed E-state index contributed by atoms with van der Waals surface area (Å²) in [6.45, 7) is 2.21. The molecule has 0 saturated carbocycles. The number of carboxylic acid groups (broad SMARTS) is 1. The molecule has 29 heavy (non-hydrogen) atoms. The van der Waals surface area contributed by atoms with Gasteiger partial charge in [-0.3, -0.25) is 24.6 Å². The molecule has 3 aliphatic heterocycles. The molecule has 4 atom stereocenters. The topological polar surface area (TPSA) is 125 Å². The van der Waals surface area contributed by atoms with Crippen LogP contribution in [0.25, 0.3) is 0 Å². The summed E-state index contributed by atoms with van der Waals surface area (Å²) in [4.78, 5) is 39.5. The average molecular weight is 404 g/mol. The van der Waals surface area contributed by atoms with Crippen LogP contribution in [0.5, 0.6) is 11.5 Å². The third-order valence-corrected chi connectivity index (χ3v) is 6.04. The number of carboxylic acids is 1. The maximum absolute atomic E-state index is 13.1. The molecule has 9 heteroatoms. The lowest BCUT2D eigenvalue weighted by Gasteiger charge is -2.29. The molecule has 4 unspecified atom stereocenters. The molecule has 0 aromatic heterocycles. The molecular weight excluding hydrogens is 380 g/mol. The molecule has 0 bridgehead atoms. The Morgan fingerprint density at radius 2 is 1.97 bits per heavy atom. The quantitative estimate of drug-likeness (QED) is 0.579. The largest absolute Gasteiger partial charge is 0.486 e. The number of aliphatic hydroxyl groups excluding tert-OH is 1. The van der Waals surface area contributed by atoms with Crippen molar-refractivity contribution in [1.29, 1.82) is 0 Å². The molecule has 1 aromatic rings. The van der Waals surface area contributed by atoms with Crippen molar-refractivity contribution in [3.05, 3.63) is 23.8 Å². The van der Waals surface area contributed by atoms with Crippen molar-refractivity contribution < 1.29 is 34.1 Å². The first-order chi connectivity index (χ1) is 13.9. The summed E-state index contributed by atoms with van der Waals surface area (Å²) in [5, 5.41) is 22.8. The van der Waals surface area contributed by atoms with Crippen molar-refractivity contribution >= 4 is 17.8 Å². The van der Waals surface area contributed by atoms with E-state index in [0.29, 0.717) is 36.7 Å². The van der Waals surface area contributed by atoms with Gasteiger partial charge in [-0.05, 0) is 24.1 Å². The van der Waals surface area contributed by atoms with Gasteiger partial charge in [0.05, 0.1) is 18.4 Å². The lowest BCUT2D eigenvalue weighted by molar-refractivity contribution is -0.153. The second-order valence-corrected chi connectivity index (χ2v) is 7.64. The minimum atomic E-state index is -1.92. The molecule has 0 radical (unpaired) electrons. The van der Waals surface area contributed by atoms with Crippen molar-refractivity contribution in [3.63, 3.8) is 0 Å². The molecule has 0 aliphatic carbocycles. The summed E-state index contributed by atoms with van der Waals surface area (Å²) in [5.41, 5.74) is -1.31. The fraction of sp³-hybridized carbons (Fsp3) is 0.550. The highest BCUT2D eigenvalue weighted by Gasteiger charge is 2.68. The third kappa shape index (κ3) is 2.87. The SMILES string of the molecule is CCCCN1C(=O)C2C(c3ccc4c(c3)OCCO4)NC(CO)(C(=O)O)C2C1=O. The highest BCUT2D eigenvalue weighted by atomic mass is 16.6. The van der Waals surface area contributed by atoms with Crippen molar-refractivity contribution in [2.45, 2.75) is 31.3 Å². The maximum atomic E-state index is 13.1. The Morgan fingerprint density at radius 3 is 2.62 bits per heavy atom. The van der Waals surface area contributed by atoms with Crippen LogP contribution in [0.2, 0.25) is 0 Å². The van der Waals surface area contributed by atoms with Crippen LogP contribution in [-0.2, 0) is 14.4 Å². The first-order valence-electron chi connectivity index (χ1n) is 9.81. The third-order valence-electron chi connectivity index (χ3n) is 6.04. The molecular formula is C20H24N2O7. The number of fused-ring (bicyclic) bond motifs is 2. The van der Waals surface area contributed by atoms with Crippen molar-refractivity contribution in [1.82, 2.24) is 10.2 Å². The van der Waals surface area contributed by atoms with E-state index in [1.54, 1.807) is 18.2 Å². The van der Waals surface area contributed by atoms with Crippen LogP contribution in [0.4, 0.5) is 0 Å². The summed E-state index contributed by atoms with van der Waals surface area (Å²) >= 11 is 0. The van der Waals surface area contributed by atoms with Gasteiger partial charge in [0, 0.05) is 12.6 Å². The highest BCUT2D eigenvalue weighted by Crippen LogP contribution is 2.49. The molecule has 4 rings (SSSR count).